The highest BCUT2D eigenvalue weighted by Gasteiger charge is 2.08. The van der Waals surface area contributed by atoms with E-state index in [-0.39, 0.29) is 0 Å². The van der Waals surface area contributed by atoms with Crippen LogP contribution in [0.5, 0.6) is 0 Å². The Morgan fingerprint density at radius 2 is 2.08 bits per heavy atom. The van der Waals surface area contributed by atoms with Crippen molar-refractivity contribution < 1.29 is 0 Å². The van der Waals surface area contributed by atoms with Gasteiger partial charge >= 0.3 is 0 Å². The summed E-state index contributed by atoms with van der Waals surface area (Å²) in [6.45, 7) is 3.82. The maximum atomic E-state index is 5.24. The number of rotatable bonds is 2. The Hall–Kier alpha value is -0.790. The number of likely N-dealkylation sites (tertiary alicyclic amines) is 1. The molecular formula is C9H15N3S. The molecule has 1 fully saturated rings. The van der Waals surface area contributed by atoms with Gasteiger partial charge in [0, 0.05) is 0 Å². The van der Waals surface area contributed by atoms with E-state index in [2.05, 4.69) is 34.3 Å². The monoisotopic (exact) mass is 197 g/mol. The minimum absolute atomic E-state index is 0.315. The first-order chi connectivity index (χ1) is 6.29. The lowest BCUT2D eigenvalue weighted by Crippen LogP contribution is -2.29. The maximum Gasteiger partial charge on any atom is 0.164 e. The average molecular weight is 197 g/mol. The van der Waals surface area contributed by atoms with Gasteiger partial charge in [0.15, 0.2) is 5.11 Å². The zero-order chi connectivity index (χ0) is 9.52. The van der Waals surface area contributed by atoms with Crippen molar-refractivity contribution in [1.82, 2.24) is 10.2 Å². The molecule has 0 bridgehead atoms. The van der Waals surface area contributed by atoms with E-state index in [1.807, 2.05) is 0 Å². The summed E-state index contributed by atoms with van der Waals surface area (Å²) in [6, 6.07) is 0. The lowest BCUT2D eigenvalue weighted by molar-refractivity contribution is 0.383. The molecule has 0 radical (unpaired) electrons. The van der Waals surface area contributed by atoms with Crippen molar-refractivity contribution in [2.45, 2.75) is 12.8 Å². The van der Waals surface area contributed by atoms with Crippen molar-refractivity contribution in [3.63, 3.8) is 0 Å². The second kappa shape index (κ2) is 5.79. The van der Waals surface area contributed by atoms with Gasteiger partial charge in [-0.15, -0.1) is 0 Å². The molecule has 0 spiro atoms. The van der Waals surface area contributed by atoms with Gasteiger partial charge in [-0.05, 0) is 38.1 Å². The molecule has 72 valence electrons. The van der Waals surface area contributed by atoms with Gasteiger partial charge in [0.1, 0.15) is 0 Å². The van der Waals surface area contributed by atoms with E-state index in [1.54, 1.807) is 0 Å². The van der Waals surface area contributed by atoms with Gasteiger partial charge in [-0.1, -0.05) is 11.8 Å². The zero-order valence-electron chi connectivity index (χ0n) is 7.68. The van der Waals surface area contributed by atoms with Gasteiger partial charge in [-0.25, -0.2) is 0 Å². The van der Waals surface area contributed by atoms with E-state index in [0.29, 0.717) is 11.7 Å². The summed E-state index contributed by atoms with van der Waals surface area (Å²) in [7, 11) is 0. The molecule has 3 N–H and O–H groups in total. The van der Waals surface area contributed by atoms with Crippen LogP contribution in [-0.2, 0) is 0 Å². The Bertz CT molecular complexity index is 223. The van der Waals surface area contributed by atoms with Gasteiger partial charge in [0.25, 0.3) is 0 Å². The zero-order valence-corrected chi connectivity index (χ0v) is 8.49. The van der Waals surface area contributed by atoms with E-state index in [0.717, 1.165) is 6.54 Å². The molecule has 0 amide bonds. The number of thiocarbonyl (C=S) groups is 1. The molecule has 1 saturated heterocycles. The van der Waals surface area contributed by atoms with Crippen LogP contribution in [-0.4, -0.2) is 36.2 Å². The first-order valence-corrected chi connectivity index (χ1v) is 4.91. The maximum absolute atomic E-state index is 5.24. The first-order valence-electron chi connectivity index (χ1n) is 4.50. The molecule has 0 aromatic rings. The van der Waals surface area contributed by atoms with Crippen LogP contribution in [0.1, 0.15) is 12.8 Å². The van der Waals surface area contributed by atoms with Crippen molar-refractivity contribution in [3.8, 4) is 11.8 Å². The van der Waals surface area contributed by atoms with Crippen LogP contribution in [0.2, 0.25) is 0 Å². The Labute approximate surface area is 84.7 Å². The second-order valence-electron chi connectivity index (χ2n) is 3.05. The van der Waals surface area contributed by atoms with Crippen molar-refractivity contribution in [2.24, 2.45) is 5.73 Å². The van der Waals surface area contributed by atoms with Crippen molar-refractivity contribution >= 4 is 17.3 Å². The highest BCUT2D eigenvalue weighted by Crippen LogP contribution is 2.05. The van der Waals surface area contributed by atoms with Crippen LogP contribution in [0.3, 0.4) is 0 Å². The van der Waals surface area contributed by atoms with E-state index in [1.165, 1.54) is 25.9 Å². The molecule has 0 saturated carbocycles. The SMILES string of the molecule is NC(=S)NCC#CCN1CCCC1. The fraction of sp³-hybridized carbons (Fsp3) is 0.667. The van der Waals surface area contributed by atoms with Crippen molar-refractivity contribution in [2.75, 3.05) is 26.2 Å². The van der Waals surface area contributed by atoms with Gasteiger partial charge < -0.3 is 11.1 Å². The molecule has 1 heterocycles. The van der Waals surface area contributed by atoms with Crippen LogP contribution in [0.15, 0.2) is 0 Å². The smallest absolute Gasteiger partial charge is 0.164 e. The molecule has 3 nitrogen and oxygen atoms in total. The van der Waals surface area contributed by atoms with Crippen LogP contribution in [0.25, 0.3) is 0 Å². The van der Waals surface area contributed by atoms with Gasteiger partial charge in [0.2, 0.25) is 0 Å². The second-order valence-corrected chi connectivity index (χ2v) is 3.49. The summed E-state index contributed by atoms with van der Waals surface area (Å²) in [5, 5.41) is 3.10. The molecule has 4 heteroatoms. The van der Waals surface area contributed by atoms with Crippen LogP contribution in [0, 0.1) is 11.8 Å². The molecule has 1 aliphatic heterocycles. The predicted octanol–water partition coefficient (Wildman–Crippen LogP) is -0.0812. The van der Waals surface area contributed by atoms with Crippen LogP contribution in [0.4, 0.5) is 0 Å². The molecule has 0 aromatic heterocycles. The third-order valence-electron chi connectivity index (χ3n) is 1.98. The topological polar surface area (TPSA) is 41.3 Å². The van der Waals surface area contributed by atoms with E-state index in [9.17, 15) is 0 Å². The third kappa shape index (κ3) is 4.71. The molecular weight excluding hydrogens is 182 g/mol. The Kier molecular flexibility index (Phi) is 4.58. The fourth-order valence-corrected chi connectivity index (χ4v) is 1.37. The summed E-state index contributed by atoms with van der Waals surface area (Å²) in [4.78, 5) is 2.35. The minimum Gasteiger partial charge on any atom is -0.376 e. The minimum atomic E-state index is 0.315. The summed E-state index contributed by atoms with van der Waals surface area (Å²) >= 11 is 4.64. The lowest BCUT2D eigenvalue weighted by atomic mass is 10.4. The number of hydrogen-bond acceptors (Lipinski definition) is 2. The summed E-state index contributed by atoms with van der Waals surface area (Å²) in [5.41, 5.74) is 5.24. The lowest BCUT2D eigenvalue weighted by Gasteiger charge is -2.08. The highest BCUT2D eigenvalue weighted by atomic mass is 32.1. The fourth-order valence-electron chi connectivity index (χ4n) is 1.30. The van der Waals surface area contributed by atoms with Gasteiger partial charge in [-0.3, -0.25) is 4.90 Å². The Balaban J connectivity index is 2.05. The summed E-state index contributed by atoms with van der Waals surface area (Å²) < 4.78 is 0. The standard InChI is InChI=1S/C9H15N3S/c10-9(13)11-5-1-2-6-12-7-3-4-8-12/h3-8H2,(H3,10,11,13). The molecule has 0 aromatic carbocycles. The Morgan fingerprint density at radius 1 is 1.38 bits per heavy atom. The molecule has 1 rings (SSSR count). The molecule has 0 unspecified atom stereocenters. The molecule has 0 aliphatic carbocycles. The Morgan fingerprint density at radius 3 is 2.69 bits per heavy atom. The third-order valence-corrected chi connectivity index (χ3v) is 2.12. The van der Waals surface area contributed by atoms with Crippen molar-refractivity contribution in [3.05, 3.63) is 0 Å². The van der Waals surface area contributed by atoms with Crippen LogP contribution < -0.4 is 11.1 Å². The highest BCUT2D eigenvalue weighted by molar-refractivity contribution is 7.80. The van der Waals surface area contributed by atoms with Gasteiger partial charge in [-0.2, -0.15) is 0 Å². The average Bonchev–Trinajstić information content (AvgIpc) is 2.55. The van der Waals surface area contributed by atoms with Crippen LogP contribution >= 0.6 is 12.2 Å². The summed E-state index contributed by atoms with van der Waals surface area (Å²) in [6.07, 6.45) is 2.62. The predicted molar refractivity (Wildman–Crippen MR) is 58.2 cm³/mol. The summed E-state index contributed by atoms with van der Waals surface area (Å²) in [5.74, 6) is 6.05. The number of nitrogens with two attached hydrogens (primary N) is 1. The van der Waals surface area contributed by atoms with E-state index in [4.69, 9.17) is 5.73 Å². The largest absolute Gasteiger partial charge is 0.376 e. The number of nitrogens with one attached hydrogen (secondary N) is 1. The number of nitrogens with zero attached hydrogens (tertiary/aromatic N) is 1. The molecule has 13 heavy (non-hydrogen) atoms. The van der Waals surface area contributed by atoms with E-state index < -0.39 is 0 Å². The number of hydrogen-bond donors (Lipinski definition) is 2. The quantitative estimate of drug-likeness (QED) is 0.480. The van der Waals surface area contributed by atoms with E-state index >= 15 is 0 Å². The van der Waals surface area contributed by atoms with Gasteiger partial charge in [0.05, 0.1) is 13.1 Å². The first kappa shape index (κ1) is 10.3. The molecule has 1 aliphatic rings. The van der Waals surface area contributed by atoms with Crippen molar-refractivity contribution in [1.29, 1.82) is 0 Å². The normalized spacial score (nSPS) is 16.3. The molecule has 0 atom stereocenters.